The second kappa shape index (κ2) is 6.70. The molecule has 1 saturated heterocycles. The van der Waals surface area contributed by atoms with Crippen molar-refractivity contribution in [1.29, 1.82) is 0 Å². The normalized spacial score (nSPS) is 15.4. The average Bonchev–Trinajstić information content (AvgIpc) is 3.02. The van der Waals surface area contributed by atoms with Crippen LogP contribution in [-0.4, -0.2) is 46.5 Å². The highest BCUT2D eigenvalue weighted by Crippen LogP contribution is 2.26. The summed E-state index contributed by atoms with van der Waals surface area (Å²) in [5.74, 6) is 2.24. The number of hydrogen-bond acceptors (Lipinski definition) is 6. The summed E-state index contributed by atoms with van der Waals surface area (Å²) in [4.78, 5) is 22.7. The summed E-state index contributed by atoms with van der Waals surface area (Å²) in [6.07, 6.45) is 3.63. The summed E-state index contributed by atoms with van der Waals surface area (Å²) in [5.41, 5.74) is 1.46. The van der Waals surface area contributed by atoms with Gasteiger partial charge in [-0.1, -0.05) is 0 Å². The number of nitrogens with one attached hydrogen (secondary N) is 2. The number of ether oxygens (including phenoxy) is 2. The molecule has 3 aromatic heterocycles. The third-order valence-electron chi connectivity index (χ3n) is 4.69. The second-order valence-electron chi connectivity index (χ2n) is 6.44. The van der Waals surface area contributed by atoms with Crippen LogP contribution in [0.2, 0.25) is 0 Å². The highest BCUT2D eigenvalue weighted by molar-refractivity contribution is 5.77. The lowest BCUT2D eigenvalue weighted by atomic mass is 10.1. The molecule has 0 bridgehead atoms. The van der Waals surface area contributed by atoms with Crippen molar-refractivity contribution in [3.63, 3.8) is 0 Å². The van der Waals surface area contributed by atoms with E-state index < -0.39 is 0 Å². The molecule has 136 valence electrons. The van der Waals surface area contributed by atoms with Crippen molar-refractivity contribution in [2.45, 2.75) is 25.9 Å². The number of aromatic nitrogens is 4. The van der Waals surface area contributed by atoms with Gasteiger partial charge in [-0.05, 0) is 24.6 Å². The maximum absolute atomic E-state index is 11.7. The highest BCUT2D eigenvalue weighted by Gasteiger charge is 2.23. The van der Waals surface area contributed by atoms with Crippen LogP contribution in [0.25, 0.3) is 11.0 Å². The van der Waals surface area contributed by atoms with E-state index in [4.69, 9.17) is 9.47 Å². The highest BCUT2D eigenvalue weighted by atomic mass is 16.5. The SMILES string of the molecule is COc1ccc(OC2CCN(c3nc4[nH][nH]c(=O)c4cc3C)CC2)cn1. The number of pyridine rings is 2. The molecule has 0 aliphatic carbocycles. The van der Waals surface area contributed by atoms with Gasteiger partial charge in [-0.25, -0.2) is 9.97 Å². The van der Waals surface area contributed by atoms with Gasteiger partial charge in [0.15, 0.2) is 5.65 Å². The molecule has 0 atom stereocenters. The Morgan fingerprint density at radius 1 is 1.23 bits per heavy atom. The zero-order valence-electron chi connectivity index (χ0n) is 14.8. The number of methoxy groups -OCH3 is 1. The number of aromatic amines is 2. The predicted octanol–water partition coefficient (Wildman–Crippen LogP) is 2.01. The number of aryl methyl sites for hydroxylation is 1. The van der Waals surface area contributed by atoms with Crippen LogP contribution in [0.15, 0.2) is 29.2 Å². The van der Waals surface area contributed by atoms with Gasteiger partial charge in [-0.2, -0.15) is 0 Å². The lowest BCUT2D eigenvalue weighted by Crippen LogP contribution is -2.39. The van der Waals surface area contributed by atoms with Crippen molar-refractivity contribution in [2.75, 3.05) is 25.1 Å². The molecule has 0 aromatic carbocycles. The molecule has 3 aromatic rings. The molecule has 8 heteroatoms. The Morgan fingerprint density at radius 2 is 2.04 bits per heavy atom. The Hall–Kier alpha value is -3.03. The van der Waals surface area contributed by atoms with Crippen LogP contribution in [0.3, 0.4) is 0 Å². The third kappa shape index (κ3) is 3.10. The fourth-order valence-electron chi connectivity index (χ4n) is 3.31. The van der Waals surface area contributed by atoms with Crippen molar-refractivity contribution in [3.8, 4) is 11.6 Å². The lowest BCUT2D eigenvalue weighted by Gasteiger charge is -2.33. The first-order valence-corrected chi connectivity index (χ1v) is 8.63. The quantitative estimate of drug-likeness (QED) is 0.743. The number of anilines is 1. The third-order valence-corrected chi connectivity index (χ3v) is 4.69. The standard InChI is InChI=1S/C18H21N5O3/c1-11-9-14-16(21-22-18(14)24)20-17(11)23-7-5-12(6-8-23)26-13-3-4-15(25-2)19-10-13/h3-4,9-10,12H,5-8H2,1-2H3,(H2,20,21,22,24). The van der Waals surface area contributed by atoms with Gasteiger partial charge in [0, 0.05) is 32.0 Å². The molecule has 0 amide bonds. The average molecular weight is 355 g/mol. The van der Waals surface area contributed by atoms with Crippen LogP contribution in [0, 0.1) is 6.92 Å². The molecule has 0 spiro atoms. The minimum absolute atomic E-state index is 0.137. The fraction of sp³-hybridized carbons (Fsp3) is 0.389. The topological polar surface area (TPSA) is 96.1 Å². The molecule has 8 nitrogen and oxygen atoms in total. The van der Waals surface area contributed by atoms with Gasteiger partial charge in [0.1, 0.15) is 17.7 Å². The van der Waals surface area contributed by atoms with Gasteiger partial charge < -0.3 is 14.4 Å². The van der Waals surface area contributed by atoms with E-state index >= 15 is 0 Å². The number of piperidine rings is 1. The molecule has 1 fully saturated rings. The molecule has 26 heavy (non-hydrogen) atoms. The van der Waals surface area contributed by atoms with Gasteiger partial charge in [-0.3, -0.25) is 15.0 Å². The monoisotopic (exact) mass is 355 g/mol. The van der Waals surface area contributed by atoms with E-state index in [0.29, 0.717) is 16.9 Å². The zero-order valence-corrected chi connectivity index (χ0v) is 14.8. The molecule has 1 aliphatic heterocycles. The summed E-state index contributed by atoms with van der Waals surface area (Å²) in [7, 11) is 1.59. The number of hydrogen-bond donors (Lipinski definition) is 2. The van der Waals surface area contributed by atoms with E-state index in [1.54, 1.807) is 19.4 Å². The number of H-pyrrole nitrogens is 2. The Kier molecular flexibility index (Phi) is 4.24. The molecule has 2 N–H and O–H groups in total. The van der Waals surface area contributed by atoms with E-state index in [2.05, 4.69) is 25.1 Å². The number of fused-ring (bicyclic) bond motifs is 1. The fourth-order valence-corrected chi connectivity index (χ4v) is 3.31. The molecule has 0 saturated carbocycles. The molecule has 1 aliphatic rings. The van der Waals surface area contributed by atoms with E-state index in [-0.39, 0.29) is 11.7 Å². The lowest BCUT2D eigenvalue weighted by molar-refractivity contribution is 0.170. The Balaban J connectivity index is 1.43. The van der Waals surface area contributed by atoms with E-state index in [1.165, 1.54) is 0 Å². The second-order valence-corrected chi connectivity index (χ2v) is 6.44. The summed E-state index contributed by atoms with van der Waals surface area (Å²) < 4.78 is 11.1. The first kappa shape index (κ1) is 16.4. The molecule has 4 rings (SSSR count). The number of nitrogens with zero attached hydrogens (tertiary/aromatic N) is 3. The van der Waals surface area contributed by atoms with Gasteiger partial charge in [0.05, 0.1) is 18.7 Å². The largest absolute Gasteiger partial charge is 0.489 e. The van der Waals surface area contributed by atoms with E-state index in [9.17, 15) is 4.79 Å². The van der Waals surface area contributed by atoms with Crippen molar-refractivity contribution in [1.82, 2.24) is 20.2 Å². The minimum atomic E-state index is -0.137. The van der Waals surface area contributed by atoms with Crippen LogP contribution in [0.5, 0.6) is 11.6 Å². The maximum Gasteiger partial charge on any atom is 0.273 e. The summed E-state index contributed by atoms with van der Waals surface area (Å²) in [6.45, 7) is 3.68. The van der Waals surface area contributed by atoms with Crippen LogP contribution in [0.1, 0.15) is 18.4 Å². The molecular weight excluding hydrogens is 334 g/mol. The first-order valence-electron chi connectivity index (χ1n) is 8.63. The maximum atomic E-state index is 11.7. The van der Waals surface area contributed by atoms with E-state index in [0.717, 1.165) is 43.1 Å². The van der Waals surface area contributed by atoms with Crippen molar-refractivity contribution < 1.29 is 9.47 Å². The Morgan fingerprint density at radius 3 is 2.73 bits per heavy atom. The number of rotatable bonds is 4. The van der Waals surface area contributed by atoms with Gasteiger partial charge in [-0.15, -0.1) is 0 Å². The van der Waals surface area contributed by atoms with Crippen LogP contribution >= 0.6 is 0 Å². The summed E-state index contributed by atoms with van der Waals surface area (Å²) >= 11 is 0. The first-order chi connectivity index (χ1) is 12.6. The predicted molar refractivity (Wildman–Crippen MR) is 98.1 cm³/mol. The van der Waals surface area contributed by atoms with Crippen molar-refractivity contribution in [3.05, 3.63) is 40.3 Å². The van der Waals surface area contributed by atoms with Crippen molar-refractivity contribution in [2.24, 2.45) is 0 Å². The summed E-state index contributed by atoms with van der Waals surface area (Å²) in [6, 6.07) is 5.56. The smallest absolute Gasteiger partial charge is 0.273 e. The Labute approximate surface area is 150 Å². The molecule has 0 radical (unpaired) electrons. The zero-order chi connectivity index (χ0) is 18.1. The van der Waals surface area contributed by atoms with Crippen LogP contribution in [0.4, 0.5) is 5.82 Å². The molecular formula is C18H21N5O3. The molecule has 0 unspecified atom stereocenters. The summed E-state index contributed by atoms with van der Waals surface area (Å²) in [5, 5.41) is 6.00. The van der Waals surface area contributed by atoms with Gasteiger partial charge in [0.25, 0.3) is 5.56 Å². The Bertz CT molecular complexity index is 955. The van der Waals surface area contributed by atoms with Gasteiger partial charge >= 0.3 is 0 Å². The van der Waals surface area contributed by atoms with Gasteiger partial charge in [0.2, 0.25) is 5.88 Å². The van der Waals surface area contributed by atoms with E-state index in [1.807, 2.05) is 19.1 Å². The van der Waals surface area contributed by atoms with Crippen molar-refractivity contribution >= 4 is 16.9 Å². The van der Waals surface area contributed by atoms with Crippen LogP contribution < -0.4 is 19.9 Å². The molecule has 4 heterocycles. The minimum Gasteiger partial charge on any atom is -0.489 e. The van der Waals surface area contributed by atoms with Crippen LogP contribution in [-0.2, 0) is 0 Å².